The second-order valence-electron chi connectivity index (χ2n) is 4.15. The molecule has 0 amide bonds. The summed E-state index contributed by atoms with van der Waals surface area (Å²) in [5.74, 6) is 1.07. The Kier molecular flexibility index (Phi) is 4.74. The molecule has 5 nitrogen and oxygen atoms in total. The van der Waals surface area contributed by atoms with Crippen LogP contribution in [0.5, 0.6) is 0 Å². The molecule has 19 heavy (non-hydrogen) atoms. The predicted octanol–water partition coefficient (Wildman–Crippen LogP) is 3.15. The maximum absolute atomic E-state index is 6.06. The number of pyridine rings is 1. The normalized spacial score (nSPS) is 12.6. The maximum Gasteiger partial charge on any atom is 0.231 e. The van der Waals surface area contributed by atoms with E-state index in [1.165, 1.54) is 6.20 Å². The third kappa shape index (κ3) is 3.43. The lowest BCUT2D eigenvalue weighted by molar-refractivity contribution is 0.355. The highest BCUT2D eigenvalue weighted by molar-refractivity contribution is 6.35. The van der Waals surface area contributed by atoms with E-state index in [9.17, 15) is 0 Å². The van der Waals surface area contributed by atoms with Crippen molar-refractivity contribution in [3.63, 3.8) is 0 Å². The van der Waals surface area contributed by atoms with Crippen molar-refractivity contribution in [2.45, 2.75) is 19.8 Å². The topological polar surface area (TPSA) is 63.8 Å². The average molecular weight is 301 g/mol. The summed E-state index contributed by atoms with van der Waals surface area (Å²) in [6.45, 7) is 5.73. The van der Waals surface area contributed by atoms with Crippen LogP contribution in [-0.2, 0) is 0 Å². The quantitative estimate of drug-likeness (QED) is 0.919. The van der Waals surface area contributed by atoms with Gasteiger partial charge in [0.15, 0.2) is 0 Å². The molecule has 0 radical (unpaired) electrons. The molecule has 7 heteroatoms. The number of nitrogens with zero attached hydrogens (tertiary/aromatic N) is 3. The SMILES string of the molecule is CCNCC(C)c1nc(-c2ncc(Cl)cc2Cl)no1. The lowest BCUT2D eigenvalue weighted by Gasteiger charge is -2.05. The first-order valence-electron chi connectivity index (χ1n) is 5.97. The highest BCUT2D eigenvalue weighted by Gasteiger charge is 2.17. The standard InChI is InChI=1S/C12H14Cl2N4O/c1-3-15-5-7(2)12-17-11(18-19-12)10-9(14)4-8(13)6-16-10/h4,6-7,15H,3,5H2,1-2H3. The molecule has 2 aromatic heterocycles. The van der Waals surface area contributed by atoms with E-state index in [2.05, 4.69) is 20.4 Å². The van der Waals surface area contributed by atoms with Gasteiger partial charge >= 0.3 is 0 Å². The van der Waals surface area contributed by atoms with Crippen LogP contribution in [0.4, 0.5) is 0 Å². The van der Waals surface area contributed by atoms with E-state index < -0.39 is 0 Å². The van der Waals surface area contributed by atoms with Gasteiger partial charge in [0.25, 0.3) is 0 Å². The van der Waals surface area contributed by atoms with Crippen LogP contribution in [0, 0.1) is 0 Å². The number of hydrogen-bond donors (Lipinski definition) is 1. The molecule has 0 aliphatic rings. The summed E-state index contributed by atoms with van der Waals surface area (Å²) in [7, 11) is 0. The predicted molar refractivity (Wildman–Crippen MR) is 74.5 cm³/mol. The summed E-state index contributed by atoms with van der Waals surface area (Å²) >= 11 is 11.9. The molecule has 102 valence electrons. The Bertz CT molecular complexity index is 558. The van der Waals surface area contributed by atoms with Crippen molar-refractivity contribution in [1.82, 2.24) is 20.4 Å². The van der Waals surface area contributed by atoms with Crippen molar-refractivity contribution in [3.8, 4) is 11.5 Å². The van der Waals surface area contributed by atoms with Gasteiger partial charge in [-0.3, -0.25) is 0 Å². The second kappa shape index (κ2) is 6.32. The van der Waals surface area contributed by atoms with Crippen molar-refractivity contribution in [3.05, 3.63) is 28.2 Å². The molecule has 0 aromatic carbocycles. The van der Waals surface area contributed by atoms with Crippen LogP contribution in [0.25, 0.3) is 11.5 Å². The minimum atomic E-state index is 0.132. The summed E-state index contributed by atoms with van der Waals surface area (Å²) in [5.41, 5.74) is 0.469. The van der Waals surface area contributed by atoms with Crippen molar-refractivity contribution in [2.24, 2.45) is 0 Å². The van der Waals surface area contributed by atoms with Crippen molar-refractivity contribution >= 4 is 23.2 Å². The molecular formula is C12H14Cl2N4O. The van der Waals surface area contributed by atoms with Crippen molar-refractivity contribution in [2.75, 3.05) is 13.1 Å². The van der Waals surface area contributed by atoms with Crippen molar-refractivity contribution < 1.29 is 4.52 Å². The first-order chi connectivity index (χ1) is 9.11. The molecule has 0 saturated carbocycles. The monoisotopic (exact) mass is 300 g/mol. The van der Waals surface area contributed by atoms with Crippen LogP contribution in [0.2, 0.25) is 10.0 Å². The smallest absolute Gasteiger partial charge is 0.231 e. The molecule has 0 bridgehead atoms. The van der Waals surface area contributed by atoms with Crippen LogP contribution in [0.1, 0.15) is 25.7 Å². The largest absolute Gasteiger partial charge is 0.339 e. The number of rotatable bonds is 5. The Morgan fingerprint density at radius 1 is 1.42 bits per heavy atom. The minimum absolute atomic E-state index is 0.132. The minimum Gasteiger partial charge on any atom is -0.339 e. The number of likely N-dealkylation sites (N-methyl/N-ethyl adjacent to an activating group) is 1. The van der Waals surface area contributed by atoms with Gasteiger partial charge in [0, 0.05) is 18.7 Å². The molecule has 2 rings (SSSR count). The highest BCUT2D eigenvalue weighted by Crippen LogP contribution is 2.26. The number of hydrogen-bond acceptors (Lipinski definition) is 5. The van der Waals surface area contributed by atoms with Gasteiger partial charge < -0.3 is 9.84 Å². The lowest BCUT2D eigenvalue weighted by Crippen LogP contribution is -2.19. The summed E-state index contributed by atoms with van der Waals surface area (Å²) in [5, 5.41) is 8.00. The van der Waals surface area contributed by atoms with Crippen LogP contribution in [-0.4, -0.2) is 28.2 Å². The van der Waals surface area contributed by atoms with Gasteiger partial charge in [0.05, 0.1) is 10.0 Å². The second-order valence-corrected chi connectivity index (χ2v) is 4.99. The van der Waals surface area contributed by atoms with E-state index in [1.807, 2.05) is 13.8 Å². The molecule has 0 saturated heterocycles. The summed E-state index contributed by atoms with van der Waals surface area (Å²) < 4.78 is 5.23. The zero-order chi connectivity index (χ0) is 13.8. The van der Waals surface area contributed by atoms with E-state index in [4.69, 9.17) is 27.7 Å². The van der Waals surface area contributed by atoms with E-state index >= 15 is 0 Å². The average Bonchev–Trinajstić information content (AvgIpc) is 2.85. The number of halogens is 2. The van der Waals surface area contributed by atoms with E-state index in [0.717, 1.165) is 13.1 Å². The Morgan fingerprint density at radius 2 is 2.21 bits per heavy atom. The summed E-state index contributed by atoms with van der Waals surface area (Å²) in [6, 6.07) is 1.60. The summed E-state index contributed by atoms with van der Waals surface area (Å²) in [4.78, 5) is 8.43. The van der Waals surface area contributed by atoms with Crippen LogP contribution in [0.3, 0.4) is 0 Å². The molecule has 0 aliphatic carbocycles. The van der Waals surface area contributed by atoms with Crippen LogP contribution >= 0.6 is 23.2 Å². The zero-order valence-corrected chi connectivity index (χ0v) is 12.2. The van der Waals surface area contributed by atoms with E-state index in [1.54, 1.807) is 6.07 Å². The number of nitrogens with one attached hydrogen (secondary N) is 1. The molecule has 1 N–H and O–H groups in total. The van der Waals surface area contributed by atoms with E-state index in [-0.39, 0.29) is 5.92 Å². The van der Waals surface area contributed by atoms with Gasteiger partial charge in [-0.25, -0.2) is 4.98 Å². The van der Waals surface area contributed by atoms with Gasteiger partial charge in [0.1, 0.15) is 5.69 Å². The molecule has 1 unspecified atom stereocenters. The van der Waals surface area contributed by atoms with Gasteiger partial charge in [-0.2, -0.15) is 4.98 Å². The lowest BCUT2D eigenvalue weighted by atomic mass is 10.2. The molecule has 0 aliphatic heterocycles. The highest BCUT2D eigenvalue weighted by atomic mass is 35.5. The molecule has 0 spiro atoms. The maximum atomic E-state index is 6.06. The zero-order valence-electron chi connectivity index (χ0n) is 10.7. The Hall–Kier alpha value is -1.17. The molecule has 0 fully saturated rings. The fraction of sp³-hybridized carbons (Fsp3) is 0.417. The molecule has 1 atom stereocenters. The third-order valence-electron chi connectivity index (χ3n) is 2.58. The number of aromatic nitrogens is 3. The molecule has 2 aromatic rings. The first kappa shape index (κ1) is 14.2. The molecule has 2 heterocycles. The van der Waals surface area contributed by atoms with Gasteiger partial charge in [-0.1, -0.05) is 42.2 Å². The third-order valence-corrected chi connectivity index (χ3v) is 3.08. The van der Waals surface area contributed by atoms with Gasteiger partial charge in [-0.05, 0) is 12.6 Å². The van der Waals surface area contributed by atoms with Gasteiger partial charge in [-0.15, -0.1) is 0 Å². The fourth-order valence-corrected chi connectivity index (χ4v) is 2.02. The Morgan fingerprint density at radius 3 is 2.89 bits per heavy atom. The van der Waals surface area contributed by atoms with E-state index in [0.29, 0.717) is 27.5 Å². The Labute approximate surface area is 121 Å². The Balaban J connectivity index is 2.20. The molecular weight excluding hydrogens is 287 g/mol. The van der Waals surface area contributed by atoms with Crippen molar-refractivity contribution in [1.29, 1.82) is 0 Å². The fourth-order valence-electron chi connectivity index (χ4n) is 1.56. The summed E-state index contributed by atoms with van der Waals surface area (Å²) in [6.07, 6.45) is 1.50. The van der Waals surface area contributed by atoms with Crippen LogP contribution < -0.4 is 5.32 Å². The van der Waals surface area contributed by atoms with Crippen LogP contribution in [0.15, 0.2) is 16.8 Å². The first-order valence-corrected chi connectivity index (χ1v) is 6.73. The van der Waals surface area contributed by atoms with Gasteiger partial charge in [0.2, 0.25) is 11.7 Å².